The Labute approximate surface area is 64.2 Å². The molecule has 0 heterocycles. The molecular weight excluding hydrogens is 148 g/mol. The molecule has 0 bridgehead atoms. The van der Waals surface area contributed by atoms with Gasteiger partial charge >= 0.3 is 11.9 Å². The Balaban J connectivity index is 3.39. The summed E-state index contributed by atoms with van der Waals surface area (Å²) in [6, 6.07) is 0. The number of hydrogen-bond acceptors (Lipinski definition) is 3. The summed E-state index contributed by atoms with van der Waals surface area (Å²) >= 11 is 0. The number of carboxylic acids is 1. The Bertz CT molecular complexity index is 189. The van der Waals surface area contributed by atoms with E-state index in [1.807, 2.05) is 5.92 Å². The smallest absolute Gasteiger partial charge is 0.307 e. The zero-order valence-electron chi connectivity index (χ0n) is 5.79. The standard InChI is InChI=1S/C7H7O4/c1-2-5-11-7(10)4-3-6(8)9/h3-5H2,(H,8,9). The maximum atomic E-state index is 10.5. The summed E-state index contributed by atoms with van der Waals surface area (Å²) < 4.78 is 4.34. The lowest BCUT2D eigenvalue weighted by molar-refractivity contribution is -0.146. The number of carbonyl (C=O) groups is 2. The van der Waals surface area contributed by atoms with Gasteiger partial charge in [0.05, 0.1) is 12.8 Å². The van der Waals surface area contributed by atoms with Crippen LogP contribution >= 0.6 is 0 Å². The fraction of sp³-hybridized carbons (Fsp3) is 0.429. The van der Waals surface area contributed by atoms with E-state index in [1.54, 1.807) is 0 Å². The number of rotatable bonds is 4. The molecular formula is C7H7O4. The number of esters is 1. The molecule has 0 aromatic rings. The summed E-state index contributed by atoms with van der Waals surface area (Å²) in [5.41, 5.74) is 0. The molecule has 0 atom stereocenters. The highest BCUT2D eigenvalue weighted by atomic mass is 16.5. The topological polar surface area (TPSA) is 63.6 Å². The summed E-state index contributed by atoms with van der Waals surface area (Å²) in [6.45, 7) is -0.210. The quantitative estimate of drug-likeness (QED) is 0.458. The van der Waals surface area contributed by atoms with Gasteiger partial charge < -0.3 is 9.84 Å². The molecule has 0 saturated heterocycles. The summed E-state index contributed by atoms with van der Waals surface area (Å²) in [6.07, 6.45) is 5.97. The van der Waals surface area contributed by atoms with Crippen LogP contribution < -0.4 is 0 Å². The van der Waals surface area contributed by atoms with E-state index in [1.165, 1.54) is 0 Å². The van der Waals surface area contributed by atoms with E-state index in [0.717, 1.165) is 0 Å². The predicted molar refractivity (Wildman–Crippen MR) is 35.0 cm³/mol. The van der Waals surface area contributed by atoms with Crippen LogP contribution in [-0.4, -0.2) is 23.7 Å². The molecule has 1 radical (unpaired) electrons. The zero-order valence-corrected chi connectivity index (χ0v) is 5.79. The van der Waals surface area contributed by atoms with Gasteiger partial charge in [0, 0.05) is 0 Å². The minimum atomic E-state index is -1.04. The molecule has 0 aromatic heterocycles. The van der Waals surface area contributed by atoms with Crippen molar-refractivity contribution in [1.82, 2.24) is 0 Å². The largest absolute Gasteiger partial charge is 0.481 e. The molecule has 0 unspecified atom stereocenters. The molecule has 0 spiro atoms. The van der Waals surface area contributed by atoms with Gasteiger partial charge in [-0.1, -0.05) is 0 Å². The van der Waals surface area contributed by atoms with Crippen LogP contribution in [0.15, 0.2) is 0 Å². The second-order valence-electron chi connectivity index (χ2n) is 1.73. The Kier molecular flexibility index (Phi) is 4.58. The Morgan fingerprint density at radius 2 is 2.09 bits per heavy atom. The minimum absolute atomic E-state index is 0.156. The lowest BCUT2D eigenvalue weighted by Gasteiger charge is -1.96. The highest BCUT2D eigenvalue weighted by Gasteiger charge is 2.04. The minimum Gasteiger partial charge on any atom is -0.481 e. The molecule has 0 saturated carbocycles. The first-order valence-electron chi connectivity index (χ1n) is 2.94. The van der Waals surface area contributed by atoms with Gasteiger partial charge in [0.25, 0.3) is 0 Å². The first kappa shape index (κ1) is 9.50. The van der Waals surface area contributed by atoms with Gasteiger partial charge in [-0.05, 0) is 12.3 Å². The average molecular weight is 155 g/mol. The fourth-order valence-electron chi connectivity index (χ4n) is 0.398. The first-order chi connectivity index (χ1) is 5.16. The van der Waals surface area contributed by atoms with Gasteiger partial charge in [-0.25, -0.2) is 0 Å². The lowest BCUT2D eigenvalue weighted by Crippen LogP contribution is -2.07. The molecule has 0 amide bonds. The van der Waals surface area contributed by atoms with E-state index in [-0.39, 0.29) is 19.4 Å². The number of aliphatic carboxylic acids is 1. The van der Waals surface area contributed by atoms with Crippen molar-refractivity contribution in [1.29, 1.82) is 0 Å². The third kappa shape index (κ3) is 6.38. The highest BCUT2D eigenvalue weighted by molar-refractivity contribution is 5.76. The Morgan fingerprint density at radius 3 is 2.55 bits per heavy atom. The van der Waals surface area contributed by atoms with Gasteiger partial charge in [0.1, 0.15) is 0 Å². The van der Waals surface area contributed by atoms with Crippen molar-refractivity contribution in [2.24, 2.45) is 0 Å². The van der Waals surface area contributed by atoms with Crippen LogP contribution in [0.4, 0.5) is 0 Å². The second-order valence-corrected chi connectivity index (χ2v) is 1.73. The van der Waals surface area contributed by atoms with Gasteiger partial charge in [-0.3, -0.25) is 9.59 Å². The molecule has 4 heteroatoms. The summed E-state index contributed by atoms with van der Waals surface area (Å²) in [5, 5.41) is 8.13. The SMILES string of the molecule is [C]#CCOC(=O)CCC(=O)O. The molecule has 0 aliphatic carbocycles. The molecule has 59 valence electrons. The van der Waals surface area contributed by atoms with Crippen molar-refractivity contribution in [2.45, 2.75) is 12.8 Å². The highest BCUT2D eigenvalue weighted by Crippen LogP contribution is 1.91. The van der Waals surface area contributed by atoms with Crippen LogP contribution in [0.3, 0.4) is 0 Å². The van der Waals surface area contributed by atoms with Crippen molar-refractivity contribution in [3.8, 4) is 5.92 Å². The third-order valence-electron chi connectivity index (χ3n) is 0.848. The van der Waals surface area contributed by atoms with Crippen LogP contribution in [-0.2, 0) is 14.3 Å². The molecule has 0 aromatic carbocycles. The monoisotopic (exact) mass is 155 g/mol. The molecule has 1 N–H and O–H groups in total. The van der Waals surface area contributed by atoms with E-state index >= 15 is 0 Å². The lowest BCUT2D eigenvalue weighted by atomic mass is 10.3. The van der Waals surface area contributed by atoms with Crippen molar-refractivity contribution >= 4 is 11.9 Å². The van der Waals surface area contributed by atoms with E-state index < -0.39 is 11.9 Å². The fourth-order valence-corrected chi connectivity index (χ4v) is 0.398. The summed E-state index contributed by atoms with van der Waals surface area (Å²) in [7, 11) is 0. The first-order valence-corrected chi connectivity index (χ1v) is 2.94. The Hall–Kier alpha value is -1.50. The molecule has 11 heavy (non-hydrogen) atoms. The number of carbonyl (C=O) groups excluding carboxylic acids is 1. The summed E-state index contributed by atoms with van der Waals surface area (Å²) in [5.74, 6) is 0.186. The number of ether oxygens (including phenoxy) is 1. The van der Waals surface area contributed by atoms with Crippen molar-refractivity contribution in [2.75, 3.05) is 6.61 Å². The van der Waals surface area contributed by atoms with E-state index in [9.17, 15) is 9.59 Å². The van der Waals surface area contributed by atoms with Crippen LogP contribution in [0.25, 0.3) is 0 Å². The zero-order chi connectivity index (χ0) is 8.69. The van der Waals surface area contributed by atoms with E-state index in [2.05, 4.69) is 4.74 Å². The van der Waals surface area contributed by atoms with Gasteiger partial charge in [-0.2, -0.15) is 0 Å². The molecule has 0 fully saturated rings. The predicted octanol–water partition coefficient (Wildman–Crippen LogP) is -0.0158. The molecule has 0 rings (SSSR count). The van der Waals surface area contributed by atoms with E-state index in [0.29, 0.717) is 0 Å². The number of hydrogen-bond donors (Lipinski definition) is 1. The average Bonchev–Trinajstić information content (AvgIpc) is 1.97. The van der Waals surface area contributed by atoms with Crippen molar-refractivity contribution in [3.63, 3.8) is 0 Å². The van der Waals surface area contributed by atoms with Crippen molar-refractivity contribution in [3.05, 3.63) is 6.42 Å². The summed E-state index contributed by atoms with van der Waals surface area (Å²) in [4.78, 5) is 20.4. The van der Waals surface area contributed by atoms with Gasteiger partial charge in [0.2, 0.25) is 0 Å². The van der Waals surface area contributed by atoms with Crippen LogP contribution in [0.1, 0.15) is 12.8 Å². The van der Waals surface area contributed by atoms with Crippen molar-refractivity contribution < 1.29 is 19.4 Å². The maximum absolute atomic E-state index is 10.5. The van der Waals surface area contributed by atoms with Crippen LogP contribution in [0.2, 0.25) is 0 Å². The van der Waals surface area contributed by atoms with Crippen LogP contribution in [0.5, 0.6) is 0 Å². The third-order valence-corrected chi connectivity index (χ3v) is 0.848. The molecule has 0 aliphatic rings. The second kappa shape index (κ2) is 5.30. The van der Waals surface area contributed by atoms with Gasteiger partial charge in [0.15, 0.2) is 6.61 Å². The van der Waals surface area contributed by atoms with E-state index in [4.69, 9.17) is 11.5 Å². The Morgan fingerprint density at radius 1 is 1.45 bits per heavy atom. The maximum Gasteiger partial charge on any atom is 0.307 e. The normalized spacial score (nSPS) is 8.27. The van der Waals surface area contributed by atoms with Gasteiger partial charge in [-0.15, -0.1) is 0 Å². The van der Waals surface area contributed by atoms with Crippen LogP contribution in [0, 0.1) is 12.3 Å². The molecule has 0 aliphatic heterocycles. The number of carboxylic acid groups (broad SMARTS) is 1. The molecule has 4 nitrogen and oxygen atoms in total.